The molecule has 120 valence electrons. The Kier molecular flexibility index (Phi) is 4.06. The second-order valence-corrected chi connectivity index (χ2v) is 5.50. The van der Waals surface area contributed by atoms with Crippen LogP contribution < -0.4 is 20.1 Å². The molecule has 0 radical (unpaired) electrons. The molecule has 1 amide bonds. The first-order valence-corrected chi connectivity index (χ1v) is 7.50. The summed E-state index contributed by atoms with van der Waals surface area (Å²) in [5.41, 5.74) is 1.94. The number of para-hydroxylation sites is 2. The summed E-state index contributed by atoms with van der Waals surface area (Å²) in [4.78, 5) is 30.9. The number of H-pyrrole nitrogens is 1. The zero-order chi connectivity index (χ0) is 16.4. The van der Waals surface area contributed by atoms with Gasteiger partial charge in [0.2, 0.25) is 0 Å². The first-order valence-electron chi connectivity index (χ1n) is 7.50. The van der Waals surface area contributed by atoms with Gasteiger partial charge in [0.1, 0.15) is 5.75 Å². The van der Waals surface area contributed by atoms with Crippen LogP contribution in [0.1, 0.15) is 16.8 Å². The van der Waals surface area contributed by atoms with Crippen LogP contribution in [-0.2, 0) is 0 Å². The number of anilines is 2. The Morgan fingerprint density at radius 2 is 1.96 bits per heavy atom. The topological polar surface area (TPSA) is 65.6 Å². The molecule has 0 aliphatic carbocycles. The summed E-state index contributed by atoms with van der Waals surface area (Å²) in [6.07, 6.45) is 2.28. The number of benzene rings is 1. The summed E-state index contributed by atoms with van der Waals surface area (Å²) in [7, 11) is 3.48. The largest absolute Gasteiger partial charge is 0.496 e. The molecule has 0 atom stereocenters. The number of fused-ring (bicyclic) bond motifs is 1. The molecule has 1 aliphatic heterocycles. The van der Waals surface area contributed by atoms with E-state index in [1.807, 2.05) is 31.3 Å². The maximum Gasteiger partial charge on any atom is 0.263 e. The van der Waals surface area contributed by atoms with E-state index < -0.39 is 0 Å². The van der Waals surface area contributed by atoms with Crippen molar-refractivity contribution in [3.63, 3.8) is 0 Å². The number of aromatic amines is 1. The highest BCUT2D eigenvalue weighted by atomic mass is 16.5. The highest BCUT2D eigenvalue weighted by Gasteiger charge is 2.26. The van der Waals surface area contributed by atoms with Gasteiger partial charge in [-0.3, -0.25) is 9.59 Å². The number of nitrogens with one attached hydrogen (secondary N) is 1. The number of carbonyl (C=O) groups excluding carboxylic acids is 1. The summed E-state index contributed by atoms with van der Waals surface area (Å²) in [5.74, 6) is 0.106. The Balaban J connectivity index is 2.06. The van der Waals surface area contributed by atoms with Crippen LogP contribution in [0.5, 0.6) is 5.75 Å². The summed E-state index contributed by atoms with van der Waals surface area (Å²) >= 11 is 0. The third kappa shape index (κ3) is 2.79. The molecule has 2 aromatic rings. The standard InChI is InChI=1S/C17H19N3O3/c1-19-8-5-9-20(14-7-4-3-6-13(14)19)17(22)12-11-18-16(21)10-15(12)23-2/h3-4,6-7,10-11H,5,8-9H2,1-2H3,(H,18,21). The van der Waals surface area contributed by atoms with E-state index in [2.05, 4.69) is 9.88 Å². The second kappa shape index (κ2) is 6.16. The number of ether oxygens (including phenoxy) is 1. The summed E-state index contributed by atoms with van der Waals surface area (Å²) in [5, 5.41) is 0. The van der Waals surface area contributed by atoms with Crippen LogP contribution in [0.2, 0.25) is 0 Å². The molecule has 2 heterocycles. The van der Waals surface area contributed by atoms with Gasteiger partial charge in [0.25, 0.3) is 11.5 Å². The van der Waals surface area contributed by atoms with E-state index in [4.69, 9.17) is 4.74 Å². The number of carbonyl (C=O) groups is 1. The van der Waals surface area contributed by atoms with Gasteiger partial charge in [-0.2, -0.15) is 0 Å². The van der Waals surface area contributed by atoms with Crippen LogP contribution in [0, 0.1) is 0 Å². The molecular weight excluding hydrogens is 294 g/mol. The molecule has 1 aromatic heterocycles. The second-order valence-electron chi connectivity index (χ2n) is 5.50. The van der Waals surface area contributed by atoms with E-state index in [0.29, 0.717) is 12.1 Å². The van der Waals surface area contributed by atoms with E-state index >= 15 is 0 Å². The number of aromatic nitrogens is 1. The zero-order valence-electron chi connectivity index (χ0n) is 13.2. The molecule has 0 unspecified atom stereocenters. The summed E-state index contributed by atoms with van der Waals surface area (Å²) in [6, 6.07) is 9.12. The summed E-state index contributed by atoms with van der Waals surface area (Å²) in [6.45, 7) is 1.49. The highest BCUT2D eigenvalue weighted by Crippen LogP contribution is 2.33. The summed E-state index contributed by atoms with van der Waals surface area (Å²) < 4.78 is 5.20. The lowest BCUT2D eigenvalue weighted by Gasteiger charge is -2.24. The lowest BCUT2D eigenvalue weighted by Crippen LogP contribution is -2.32. The quantitative estimate of drug-likeness (QED) is 0.919. The lowest BCUT2D eigenvalue weighted by molar-refractivity contribution is 0.0984. The normalized spacial score (nSPS) is 14.2. The van der Waals surface area contributed by atoms with Gasteiger partial charge in [0, 0.05) is 32.4 Å². The molecule has 6 heteroatoms. The number of hydrogen-bond acceptors (Lipinski definition) is 4. The van der Waals surface area contributed by atoms with Crippen molar-refractivity contribution in [1.82, 2.24) is 4.98 Å². The van der Waals surface area contributed by atoms with Gasteiger partial charge >= 0.3 is 0 Å². The van der Waals surface area contributed by atoms with Crippen molar-refractivity contribution in [2.45, 2.75) is 6.42 Å². The van der Waals surface area contributed by atoms with Crippen LogP contribution in [0.15, 0.2) is 41.3 Å². The third-order valence-electron chi connectivity index (χ3n) is 4.04. The molecule has 1 aliphatic rings. The first-order chi connectivity index (χ1) is 11.1. The first kappa shape index (κ1) is 15.1. The van der Waals surface area contributed by atoms with Crippen molar-refractivity contribution in [1.29, 1.82) is 0 Å². The van der Waals surface area contributed by atoms with Gasteiger partial charge in [0.05, 0.1) is 24.0 Å². The number of methoxy groups -OCH3 is 1. The predicted octanol–water partition coefficient (Wildman–Crippen LogP) is 1.87. The lowest BCUT2D eigenvalue weighted by atomic mass is 10.2. The Bertz CT molecular complexity index is 785. The SMILES string of the molecule is COc1cc(=O)[nH]cc1C(=O)N1CCCN(C)c2ccccc21. The molecule has 0 saturated heterocycles. The predicted molar refractivity (Wildman–Crippen MR) is 89.6 cm³/mol. The Morgan fingerprint density at radius 1 is 1.22 bits per heavy atom. The Morgan fingerprint density at radius 3 is 2.70 bits per heavy atom. The van der Waals surface area contributed by atoms with Gasteiger partial charge in [0.15, 0.2) is 0 Å². The van der Waals surface area contributed by atoms with Crippen molar-refractivity contribution in [2.75, 3.05) is 37.0 Å². The van der Waals surface area contributed by atoms with Crippen LogP contribution in [0.4, 0.5) is 11.4 Å². The molecule has 0 bridgehead atoms. The number of pyridine rings is 1. The van der Waals surface area contributed by atoms with Gasteiger partial charge in [-0.25, -0.2) is 0 Å². The maximum atomic E-state index is 13.0. The average Bonchev–Trinajstić information content (AvgIpc) is 2.74. The fourth-order valence-electron chi connectivity index (χ4n) is 2.87. The Labute approximate surface area is 134 Å². The highest BCUT2D eigenvalue weighted by molar-refractivity contribution is 6.09. The Hall–Kier alpha value is -2.76. The molecule has 0 fully saturated rings. The van der Waals surface area contributed by atoms with E-state index in [9.17, 15) is 9.59 Å². The number of hydrogen-bond donors (Lipinski definition) is 1. The van der Waals surface area contributed by atoms with Crippen molar-refractivity contribution in [2.24, 2.45) is 0 Å². The smallest absolute Gasteiger partial charge is 0.263 e. The molecule has 1 N–H and O–H groups in total. The van der Waals surface area contributed by atoms with Crippen molar-refractivity contribution in [3.8, 4) is 5.75 Å². The minimum absolute atomic E-state index is 0.180. The van der Waals surface area contributed by atoms with Gasteiger partial charge in [-0.15, -0.1) is 0 Å². The van der Waals surface area contributed by atoms with E-state index in [0.717, 1.165) is 24.3 Å². The van der Waals surface area contributed by atoms with Crippen LogP contribution >= 0.6 is 0 Å². The van der Waals surface area contributed by atoms with Crippen LogP contribution in [0.25, 0.3) is 0 Å². The monoisotopic (exact) mass is 313 g/mol. The minimum atomic E-state index is -0.297. The van der Waals surface area contributed by atoms with Gasteiger partial charge in [-0.05, 0) is 18.6 Å². The van der Waals surface area contributed by atoms with Gasteiger partial charge in [-0.1, -0.05) is 12.1 Å². The van der Waals surface area contributed by atoms with E-state index in [-0.39, 0.29) is 17.2 Å². The number of nitrogens with zero attached hydrogens (tertiary/aromatic N) is 2. The van der Waals surface area contributed by atoms with Crippen molar-refractivity contribution in [3.05, 3.63) is 52.4 Å². The minimum Gasteiger partial charge on any atom is -0.496 e. The molecule has 6 nitrogen and oxygen atoms in total. The van der Waals surface area contributed by atoms with Crippen LogP contribution in [-0.4, -0.2) is 38.1 Å². The molecular formula is C17H19N3O3. The molecule has 0 saturated carbocycles. The molecule has 0 spiro atoms. The van der Waals surface area contributed by atoms with E-state index in [1.54, 1.807) is 4.90 Å². The fraction of sp³-hybridized carbons (Fsp3) is 0.294. The van der Waals surface area contributed by atoms with Crippen molar-refractivity contribution >= 4 is 17.3 Å². The van der Waals surface area contributed by atoms with Crippen LogP contribution in [0.3, 0.4) is 0 Å². The fourth-order valence-corrected chi connectivity index (χ4v) is 2.87. The van der Waals surface area contributed by atoms with Gasteiger partial charge < -0.3 is 19.5 Å². The number of amides is 1. The maximum absolute atomic E-state index is 13.0. The van der Waals surface area contributed by atoms with E-state index in [1.165, 1.54) is 19.4 Å². The number of rotatable bonds is 2. The zero-order valence-corrected chi connectivity index (χ0v) is 13.2. The average molecular weight is 313 g/mol. The van der Waals surface area contributed by atoms with Crippen molar-refractivity contribution < 1.29 is 9.53 Å². The third-order valence-corrected chi connectivity index (χ3v) is 4.04. The molecule has 23 heavy (non-hydrogen) atoms. The molecule has 3 rings (SSSR count). The molecule has 1 aromatic carbocycles.